The van der Waals surface area contributed by atoms with Crippen molar-refractivity contribution in [1.29, 1.82) is 0 Å². The van der Waals surface area contributed by atoms with Crippen LogP contribution in [-0.2, 0) is 13.1 Å². The van der Waals surface area contributed by atoms with E-state index in [0.29, 0.717) is 30.4 Å². The van der Waals surface area contributed by atoms with Gasteiger partial charge in [-0.2, -0.15) is 0 Å². The molecule has 6 heteroatoms. The molecule has 28 heavy (non-hydrogen) atoms. The molecule has 3 aromatic rings. The first-order valence-electron chi connectivity index (χ1n) is 9.10. The van der Waals surface area contributed by atoms with E-state index in [1.807, 2.05) is 24.3 Å². The molecular weight excluding hydrogens is 352 g/mol. The second-order valence-electron chi connectivity index (χ2n) is 6.56. The van der Waals surface area contributed by atoms with Crippen molar-refractivity contribution in [2.45, 2.75) is 26.9 Å². The Balaban J connectivity index is 1.62. The molecule has 0 saturated carbocycles. The van der Waals surface area contributed by atoms with Crippen LogP contribution in [0.2, 0.25) is 0 Å². The van der Waals surface area contributed by atoms with Crippen LogP contribution < -0.4 is 15.4 Å². The highest BCUT2D eigenvalue weighted by molar-refractivity contribution is 5.92. The Kier molecular flexibility index (Phi) is 6.22. The Morgan fingerprint density at radius 1 is 0.929 bits per heavy atom. The van der Waals surface area contributed by atoms with Crippen LogP contribution >= 0.6 is 0 Å². The summed E-state index contributed by atoms with van der Waals surface area (Å²) in [7, 11) is 1.62. The molecule has 0 aliphatic carbocycles. The number of anilines is 1. The Bertz CT molecular complexity index is 938. The third-order valence-electron chi connectivity index (χ3n) is 4.28. The number of benzene rings is 2. The van der Waals surface area contributed by atoms with Crippen LogP contribution in [0.15, 0.2) is 54.6 Å². The third kappa shape index (κ3) is 5.30. The van der Waals surface area contributed by atoms with E-state index < -0.39 is 0 Å². The van der Waals surface area contributed by atoms with Crippen molar-refractivity contribution in [2.75, 3.05) is 12.4 Å². The van der Waals surface area contributed by atoms with Crippen LogP contribution in [0.4, 0.5) is 5.82 Å². The summed E-state index contributed by atoms with van der Waals surface area (Å²) in [6.07, 6.45) is 0. The van der Waals surface area contributed by atoms with E-state index in [0.717, 1.165) is 16.9 Å². The summed E-state index contributed by atoms with van der Waals surface area (Å²) in [5.74, 6) is 1.72. The third-order valence-corrected chi connectivity index (χ3v) is 4.28. The van der Waals surface area contributed by atoms with Crippen molar-refractivity contribution in [3.8, 4) is 5.75 Å². The SMILES string of the molecule is COc1ccc(CNC(=O)c2cc(NCc3ccc(C)cc3)nc(C)n2)cc1. The Morgan fingerprint density at radius 2 is 1.57 bits per heavy atom. The van der Waals surface area contributed by atoms with Gasteiger partial charge in [-0.1, -0.05) is 42.0 Å². The van der Waals surface area contributed by atoms with Gasteiger partial charge in [0.25, 0.3) is 5.91 Å². The van der Waals surface area contributed by atoms with E-state index in [9.17, 15) is 4.79 Å². The van der Waals surface area contributed by atoms with E-state index in [2.05, 4.69) is 51.8 Å². The molecule has 0 saturated heterocycles. The summed E-state index contributed by atoms with van der Waals surface area (Å²) in [6.45, 7) is 4.88. The van der Waals surface area contributed by atoms with Crippen molar-refractivity contribution in [1.82, 2.24) is 15.3 Å². The lowest BCUT2D eigenvalue weighted by atomic mass is 10.1. The number of carbonyl (C=O) groups is 1. The topological polar surface area (TPSA) is 76.1 Å². The minimum absolute atomic E-state index is 0.236. The molecular formula is C22H24N4O2. The molecule has 3 rings (SSSR count). The van der Waals surface area contributed by atoms with E-state index in [1.54, 1.807) is 20.1 Å². The van der Waals surface area contributed by atoms with E-state index in [4.69, 9.17) is 4.74 Å². The zero-order valence-corrected chi connectivity index (χ0v) is 16.3. The molecule has 1 amide bonds. The molecule has 0 radical (unpaired) electrons. The average Bonchev–Trinajstić information content (AvgIpc) is 2.71. The number of hydrogen-bond donors (Lipinski definition) is 2. The number of aromatic nitrogens is 2. The number of rotatable bonds is 7. The lowest BCUT2D eigenvalue weighted by Crippen LogP contribution is -2.24. The highest BCUT2D eigenvalue weighted by Crippen LogP contribution is 2.12. The van der Waals surface area contributed by atoms with Gasteiger partial charge in [-0.25, -0.2) is 9.97 Å². The van der Waals surface area contributed by atoms with Gasteiger partial charge < -0.3 is 15.4 Å². The van der Waals surface area contributed by atoms with Gasteiger partial charge in [-0.05, 0) is 37.1 Å². The molecule has 6 nitrogen and oxygen atoms in total. The smallest absolute Gasteiger partial charge is 0.270 e. The zero-order valence-electron chi connectivity index (χ0n) is 16.3. The van der Waals surface area contributed by atoms with Crippen molar-refractivity contribution in [2.24, 2.45) is 0 Å². The normalized spacial score (nSPS) is 10.4. The quantitative estimate of drug-likeness (QED) is 0.658. The van der Waals surface area contributed by atoms with Gasteiger partial charge in [0.15, 0.2) is 0 Å². The van der Waals surface area contributed by atoms with Crippen LogP contribution in [0.25, 0.3) is 0 Å². The Labute approximate surface area is 165 Å². The maximum atomic E-state index is 12.5. The summed E-state index contributed by atoms with van der Waals surface area (Å²) < 4.78 is 5.14. The summed E-state index contributed by atoms with van der Waals surface area (Å²) in [5, 5.41) is 6.15. The minimum atomic E-state index is -0.236. The van der Waals surface area contributed by atoms with Crippen LogP contribution in [0.5, 0.6) is 5.75 Å². The number of nitrogens with one attached hydrogen (secondary N) is 2. The number of amides is 1. The minimum Gasteiger partial charge on any atom is -0.497 e. The maximum Gasteiger partial charge on any atom is 0.270 e. The molecule has 0 aliphatic heterocycles. The van der Waals surface area contributed by atoms with Gasteiger partial charge in [-0.3, -0.25) is 4.79 Å². The van der Waals surface area contributed by atoms with Gasteiger partial charge in [0.05, 0.1) is 7.11 Å². The predicted octanol–water partition coefficient (Wildman–Crippen LogP) is 3.64. The highest BCUT2D eigenvalue weighted by atomic mass is 16.5. The fourth-order valence-electron chi connectivity index (χ4n) is 2.69. The van der Waals surface area contributed by atoms with Crippen LogP contribution in [0.3, 0.4) is 0 Å². The monoisotopic (exact) mass is 376 g/mol. The highest BCUT2D eigenvalue weighted by Gasteiger charge is 2.10. The number of carbonyl (C=O) groups excluding carboxylic acids is 1. The number of methoxy groups -OCH3 is 1. The van der Waals surface area contributed by atoms with Crippen LogP contribution in [-0.4, -0.2) is 23.0 Å². The van der Waals surface area contributed by atoms with Crippen LogP contribution in [0, 0.1) is 13.8 Å². The van der Waals surface area contributed by atoms with E-state index in [1.165, 1.54) is 5.56 Å². The van der Waals surface area contributed by atoms with E-state index in [-0.39, 0.29) is 5.91 Å². The number of hydrogen-bond acceptors (Lipinski definition) is 5. The molecule has 0 aliphatic rings. The summed E-state index contributed by atoms with van der Waals surface area (Å²) >= 11 is 0. The molecule has 0 atom stereocenters. The largest absolute Gasteiger partial charge is 0.497 e. The molecule has 1 aromatic heterocycles. The Morgan fingerprint density at radius 3 is 2.25 bits per heavy atom. The number of ether oxygens (including phenoxy) is 1. The van der Waals surface area contributed by atoms with Gasteiger partial charge in [0.1, 0.15) is 23.1 Å². The van der Waals surface area contributed by atoms with Crippen LogP contribution in [0.1, 0.15) is 33.0 Å². The van der Waals surface area contributed by atoms with Crippen molar-refractivity contribution in [3.63, 3.8) is 0 Å². The molecule has 0 fully saturated rings. The number of nitrogens with zero attached hydrogens (tertiary/aromatic N) is 2. The summed E-state index contributed by atoms with van der Waals surface area (Å²) in [5.41, 5.74) is 3.69. The fraction of sp³-hybridized carbons (Fsp3) is 0.227. The van der Waals surface area contributed by atoms with Gasteiger partial charge in [-0.15, -0.1) is 0 Å². The first-order valence-corrected chi connectivity index (χ1v) is 9.10. The van der Waals surface area contributed by atoms with Gasteiger partial charge >= 0.3 is 0 Å². The number of aryl methyl sites for hydroxylation is 2. The molecule has 0 unspecified atom stereocenters. The summed E-state index contributed by atoms with van der Waals surface area (Å²) in [4.78, 5) is 21.1. The molecule has 0 bridgehead atoms. The fourth-order valence-corrected chi connectivity index (χ4v) is 2.69. The second-order valence-corrected chi connectivity index (χ2v) is 6.56. The zero-order chi connectivity index (χ0) is 19.9. The Hall–Kier alpha value is -3.41. The van der Waals surface area contributed by atoms with Crippen molar-refractivity contribution < 1.29 is 9.53 Å². The van der Waals surface area contributed by atoms with E-state index >= 15 is 0 Å². The van der Waals surface area contributed by atoms with Gasteiger partial charge in [0.2, 0.25) is 0 Å². The first kappa shape index (κ1) is 19.4. The molecule has 2 N–H and O–H groups in total. The van der Waals surface area contributed by atoms with Crippen molar-refractivity contribution >= 4 is 11.7 Å². The lowest BCUT2D eigenvalue weighted by Gasteiger charge is -2.10. The molecule has 0 spiro atoms. The van der Waals surface area contributed by atoms with Crippen molar-refractivity contribution in [3.05, 3.63) is 82.8 Å². The molecule has 1 heterocycles. The molecule has 144 valence electrons. The summed E-state index contributed by atoms with van der Waals surface area (Å²) in [6, 6.07) is 17.5. The lowest BCUT2D eigenvalue weighted by molar-refractivity contribution is 0.0945. The standard InChI is InChI=1S/C22H24N4O2/c1-15-4-6-17(7-5-15)13-23-21-12-20(25-16(2)26-21)22(27)24-14-18-8-10-19(28-3)11-9-18/h4-12H,13-14H2,1-3H3,(H,24,27)(H,23,25,26). The molecule has 2 aromatic carbocycles. The second kappa shape index (κ2) is 8.99. The maximum absolute atomic E-state index is 12.5. The average molecular weight is 376 g/mol. The predicted molar refractivity (Wildman–Crippen MR) is 109 cm³/mol. The first-order chi connectivity index (χ1) is 13.5. The van der Waals surface area contributed by atoms with Gasteiger partial charge in [0, 0.05) is 19.2 Å².